The van der Waals surface area contributed by atoms with Crippen LogP contribution in [0.3, 0.4) is 0 Å². The molecule has 0 unspecified atom stereocenters. The number of aromatic carboxylic acids is 1. The van der Waals surface area contributed by atoms with Crippen molar-refractivity contribution in [3.63, 3.8) is 0 Å². The number of aryl methyl sites for hydroxylation is 2. The van der Waals surface area contributed by atoms with Crippen LogP contribution < -0.4 is 4.74 Å². The van der Waals surface area contributed by atoms with E-state index in [0.29, 0.717) is 12.4 Å². The molecular formula is C23H20BrNO3. The molecule has 0 fully saturated rings. The van der Waals surface area contributed by atoms with Crippen LogP contribution in [0.15, 0.2) is 70.1 Å². The number of carboxylic acid groups (broad SMARTS) is 1. The average Bonchev–Trinajstić information content (AvgIpc) is 2.67. The maximum atomic E-state index is 10.9. The molecule has 4 nitrogen and oxygen atoms in total. The van der Waals surface area contributed by atoms with Crippen LogP contribution in [-0.4, -0.2) is 17.3 Å². The Morgan fingerprint density at radius 3 is 2.46 bits per heavy atom. The highest BCUT2D eigenvalue weighted by Gasteiger charge is 2.05. The molecule has 0 aliphatic carbocycles. The zero-order chi connectivity index (χ0) is 20.1. The second-order valence-electron chi connectivity index (χ2n) is 6.53. The van der Waals surface area contributed by atoms with Crippen molar-refractivity contribution in [1.82, 2.24) is 0 Å². The van der Waals surface area contributed by atoms with Crippen molar-refractivity contribution in [2.24, 2.45) is 4.99 Å². The summed E-state index contributed by atoms with van der Waals surface area (Å²) in [6.07, 6.45) is 1.83. The fourth-order valence-electron chi connectivity index (χ4n) is 2.71. The van der Waals surface area contributed by atoms with Crippen LogP contribution in [0, 0.1) is 13.8 Å². The fourth-order valence-corrected chi connectivity index (χ4v) is 3.22. The second kappa shape index (κ2) is 8.85. The van der Waals surface area contributed by atoms with Crippen molar-refractivity contribution in [2.45, 2.75) is 20.5 Å². The van der Waals surface area contributed by atoms with Crippen molar-refractivity contribution in [3.8, 4) is 5.75 Å². The molecule has 0 saturated heterocycles. The van der Waals surface area contributed by atoms with Gasteiger partial charge in [0.15, 0.2) is 0 Å². The summed E-state index contributed by atoms with van der Waals surface area (Å²) >= 11 is 3.54. The normalized spacial score (nSPS) is 11.0. The number of benzene rings is 3. The lowest BCUT2D eigenvalue weighted by atomic mass is 10.1. The van der Waals surface area contributed by atoms with E-state index in [2.05, 4.69) is 46.9 Å². The third-order valence-electron chi connectivity index (χ3n) is 4.26. The van der Waals surface area contributed by atoms with Crippen LogP contribution in [0.2, 0.25) is 0 Å². The lowest BCUT2D eigenvalue weighted by molar-refractivity contribution is 0.0697. The molecule has 0 bridgehead atoms. The zero-order valence-corrected chi connectivity index (χ0v) is 17.2. The maximum absolute atomic E-state index is 10.9. The Kier molecular flexibility index (Phi) is 6.26. The Bertz CT molecular complexity index is 1030. The summed E-state index contributed by atoms with van der Waals surface area (Å²) in [5.74, 6) is -0.223. The minimum Gasteiger partial charge on any atom is -0.488 e. The summed E-state index contributed by atoms with van der Waals surface area (Å²) in [5.41, 5.74) is 5.44. The first-order valence-electron chi connectivity index (χ1n) is 8.78. The summed E-state index contributed by atoms with van der Waals surface area (Å²) in [6, 6.07) is 18.6. The molecule has 5 heteroatoms. The van der Waals surface area contributed by atoms with Gasteiger partial charge < -0.3 is 9.84 Å². The van der Waals surface area contributed by atoms with E-state index in [9.17, 15) is 4.79 Å². The molecule has 0 aliphatic heterocycles. The van der Waals surface area contributed by atoms with E-state index in [1.165, 1.54) is 5.56 Å². The lowest BCUT2D eigenvalue weighted by Crippen LogP contribution is -1.99. The summed E-state index contributed by atoms with van der Waals surface area (Å²) in [7, 11) is 0. The van der Waals surface area contributed by atoms with E-state index in [1.807, 2.05) is 30.5 Å². The van der Waals surface area contributed by atoms with Crippen LogP contribution in [0.5, 0.6) is 5.75 Å². The number of carbonyl (C=O) groups is 1. The van der Waals surface area contributed by atoms with Crippen LogP contribution >= 0.6 is 15.9 Å². The highest BCUT2D eigenvalue weighted by atomic mass is 79.9. The predicted octanol–water partition coefficient (Wildman–Crippen LogP) is 6.09. The summed E-state index contributed by atoms with van der Waals surface area (Å²) in [4.78, 5) is 15.5. The van der Waals surface area contributed by atoms with Crippen molar-refractivity contribution in [1.29, 1.82) is 0 Å². The Morgan fingerprint density at radius 2 is 1.82 bits per heavy atom. The van der Waals surface area contributed by atoms with Gasteiger partial charge in [-0.05, 0) is 82.9 Å². The Hall–Kier alpha value is -2.92. The first kappa shape index (κ1) is 19.8. The molecule has 1 N–H and O–H groups in total. The van der Waals surface area contributed by atoms with Gasteiger partial charge in [0.1, 0.15) is 12.4 Å². The van der Waals surface area contributed by atoms with Crippen LogP contribution in [0.4, 0.5) is 5.69 Å². The van der Waals surface area contributed by atoms with Crippen LogP contribution in [0.25, 0.3) is 0 Å². The molecule has 0 aromatic heterocycles. The van der Waals surface area contributed by atoms with Gasteiger partial charge in [-0.25, -0.2) is 4.79 Å². The molecule has 0 heterocycles. The summed E-state index contributed by atoms with van der Waals surface area (Å²) in [6.45, 7) is 4.47. The van der Waals surface area contributed by atoms with E-state index >= 15 is 0 Å². The van der Waals surface area contributed by atoms with E-state index < -0.39 is 5.97 Å². The topological polar surface area (TPSA) is 58.9 Å². The van der Waals surface area contributed by atoms with Gasteiger partial charge in [0.05, 0.1) is 15.7 Å². The minimum atomic E-state index is -0.937. The first-order chi connectivity index (χ1) is 13.4. The van der Waals surface area contributed by atoms with E-state index in [-0.39, 0.29) is 5.56 Å². The Morgan fingerprint density at radius 1 is 1.07 bits per heavy atom. The average molecular weight is 438 g/mol. The number of rotatable bonds is 6. The smallest absolute Gasteiger partial charge is 0.335 e. The van der Waals surface area contributed by atoms with E-state index in [0.717, 1.165) is 26.9 Å². The molecule has 3 aromatic carbocycles. The largest absolute Gasteiger partial charge is 0.488 e. The molecule has 0 radical (unpaired) electrons. The van der Waals surface area contributed by atoms with Gasteiger partial charge in [0, 0.05) is 6.21 Å². The molecule has 3 aromatic rings. The number of hydrogen-bond acceptors (Lipinski definition) is 3. The molecule has 3 rings (SSSR count). The molecular weight excluding hydrogens is 418 g/mol. The van der Waals surface area contributed by atoms with Crippen molar-refractivity contribution in [3.05, 3.63) is 93.0 Å². The quantitative estimate of drug-likeness (QED) is 0.474. The number of nitrogens with zero attached hydrogens (tertiary/aromatic N) is 1. The standard InChI is InChI=1S/C23H20BrNO3/c1-15-3-9-21(16(2)11-15)25-13-18-6-10-22(20(24)12-18)28-14-17-4-7-19(8-5-17)23(26)27/h3-13H,14H2,1-2H3,(H,26,27). The van der Waals surface area contributed by atoms with Gasteiger partial charge in [0.2, 0.25) is 0 Å². The van der Waals surface area contributed by atoms with Gasteiger partial charge in [-0.15, -0.1) is 0 Å². The number of aliphatic imine (C=N–C) groups is 1. The number of halogens is 1. The Labute approximate surface area is 172 Å². The SMILES string of the molecule is Cc1ccc(N=Cc2ccc(OCc3ccc(C(=O)O)cc3)c(Br)c2)c(C)c1. The molecule has 28 heavy (non-hydrogen) atoms. The van der Waals surface area contributed by atoms with Crippen molar-refractivity contribution in [2.75, 3.05) is 0 Å². The van der Waals surface area contributed by atoms with Crippen molar-refractivity contribution >= 4 is 33.8 Å². The maximum Gasteiger partial charge on any atom is 0.335 e. The predicted molar refractivity (Wildman–Crippen MR) is 115 cm³/mol. The van der Waals surface area contributed by atoms with Gasteiger partial charge >= 0.3 is 5.97 Å². The summed E-state index contributed by atoms with van der Waals surface area (Å²) in [5, 5.41) is 8.94. The van der Waals surface area contributed by atoms with Gasteiger partial charge in [0.25, 0.3) is 0 Å². The van der Waals surface area contributed by atoms with E-state index in [4.69, 9.17) is 9.84 Å². The second-order valence-corrected chi connectivity index (χ2v) is 7.38. The molecule has 0 saturated carbocycles. The highest BCUT2D eigenvalue weighted by molar-refractivity contribution is 9.10. The van der Waals surface area contributed by atoms with Crippen LogP contribution in [-0.2, 0) is 6.61 Å². The van der Waals surface area contributed by atoms with Crippen molar-refractivity contribution < 1.29 is 14.6 Å². The Balaban J connectivity index is 1.66. The molecule has 142 valence electrons. The first-order valence-corrected chi connectivity index (χ1v) is 9.57. The molecule has 0 amide bonds. The minimum absolute atomic E-state index is 0.261. The van der Waals surface area contributed by atoms with Gasteiger partial charge in [-0.2, -0.15) is 0 Å². The molecule has 0 aliphatic rings. The zero-order valence-electron chi connectivity index (χ0n) is 15.6. The monoisotopic (exact) mass is 437 g/mol. The number of ether oxygens (including phenoxy) is 1. The van der Waals surface area contributed by atoms with E-state index in [1.54, 1.807) is 24.3 Å². The number of hydrogen-bond donors (Lipinski definition) is 1. The lowest BCUT2D eigenvalue weighted by Gasteiger charge is -2.09. The highest BCUT2D eigenvalue weighted by Crippen LogP contribution is 2.27. The van der Waals surface area contributed by atoms with Crippen LogP contribution in [0.1, 0.15) is 32.6 Å². The van der Waals surface area contributed by atoms with Gasteiger partial charge in [-0.1, -0.05) is 29.8 Å². The molecule has 0 atom stereocenters. The number of carboxylic acids is 1. The third kappa shape index (κ3) is 5.08. The molecule has 0 spiro atoms. The van der Waals surface area contributed by atoms with Gasteiger partial charge in [-0.3, -0.25) is 4.99 Å². The fraction of sp³-hybridized carbons (Fsp3) is 0.130. The summed E-state index contributed by atoms with van der Waals surface area (Å²) < 4.78 is 6.67. The third-order valence-corrected chi connectivity index (χ3v) is 4.88.